The first kappa shape index (κ1) is 13.9. The fourth-order valence-electron chi connectivity index (χ4n) is 1.97. The van der Waals surface area contributed by atoms with Crippen molar-refractivity contribution in [3.8, 4) is 11.5 Å². The molecule has 2 N–H and O–H groups in total. The molecule has 102 valence electrons. The average Bonchev–Trinajstić information content (AvgIpc) is 2.79. The van der Waals surface area contributed by atoms with E-state index in [1.165, 1.54) is 0 Å². The minimum atomic E-state index is -0.355. The molecule has 0 saturated heterocycles. The summed E-state index contributed by atoms with van der Waals surface area (Å²) in [6.07, 6.45) is 1.66. The van der Waals surface area contributed by atoms with Crippen molar-refractivity contribution in [2.45, 2.75) is 6.04 Å². The van der Waals surface area contributed by atoms with Crippen LogP contribution < -0.4 is 15.2 Å². The molecule has 6 heteroatoms. The van der Waals surface area contributed by atoms with Crippen molar-refractivity contribution in [1.82, 2.24) is 9.78 Å². The van der Waals surface area contributed by atoms with E-state index in [0.29, 0.717) is 5.75 Å². The van der Waals surface area contributed by atoms with Gasteiger partial charge < -0.3 is 15.2 Å². The van der Waals surface area contributed by atoms with Crippen LogP contribution in [0.4, 0.5) is 0 Å². The van der Waals surface area contributed by atoms with Crippen LogP contribution in [0.25, 0.3) is 0 Å². The average molecular weight is 326 g/mol. The molecule has 0 amide bonds. The highest BCUT2D eigenvalue weighted by Gasteiger charge is 2.21. The molecular weight excluding hydrogens is 310 g/mol. The van der Waals surface area contributed by atoms with E-state index < -0.39 is 0 Å². The van der Waals surface area contributed by atoms with Crippen molar-refractivity contribution < 1.29 is 9.47 Å². The molecule has 19 heavy (non-hydrogen) atoms. The molecule has 0 saturated carbocycles. The van der Waals surface area contributed by atoms with Gasteiger partial charge in [-0.1, -0.05) is 15.9 Å². The molecule has 1 unspecified atom stereocenters. The smallest absolute Gasteiger partial charge is 0.161 e. The van der Waals surface area contributed by atoms with Crippen molar-refractivity contribution in [2.75, 3.05) is 14.2 Å². The second-order valence-corrected chi connectivity index (χ2v) is 4.94. The molecule has 0 aliphatic rings. The van der Waals surface area contributed by atoms with Gasteiger partial charge in [0.2, 0.25) is 0 Å². The van der Waals surface area contributed by atoms with Gasteiger partial charge in [0.05, 0.1) is 26.5 Å². The molecule has 0 aliphatic heterocycles. The lowest BCUT2D eigenvalue weighted by molar-refractivity contribution is 0.404. The van der Waals surface area contributed by atoms with Crippen molar-refractivity contribution in [3.63, 3.8) is 0 Å². The van der Waals surface area contributed by atoms with Gasteiger partial charge in [0.15, 0.2) is 5.75 Å². The Kier molecular flexibility index (Phi) is 4.11. The number of methoxy groups -OCH3 is 2. The van der Waals surface area contributed by atoms with Crippen LogP contribution in [0.3, 0.4) is 0 Å². The molecule has 1 aromatic carbocycles. The molecule has 0 spiro atoms. The number of halogens is 1. The van der Waals surface area contributed by atoms with Gasteiger partial charge in [0, 0.05) is 11.5 Å². The van der Waals surface area contributed by atoms with Gasteiger partial charge in [-0.05, 0) is 23.8 Å². The first-order valence-corrected chi connectivity index (χ1v) is 6.52. The maximum absolute atomic E-state index is 6.34. The second kappa shape index (κ2) is 5.63. The molecule has 5 nitrogen and oxygen atoms in total. The SMILES string of the molecule is COc1ccc(Br)c(C(N)c2c(OC)cnn2C)c1. The summed E-state index contributed by atoms with van der Waals surface area (Å²) >= 11 is 3.51. The third-order valence-corrected chi connectivity index (χ3v) is 3.72. The van der Waals surface area contributed by atoms with E-state index in [0.717, 1.165) is 21.5 Å². The molecule has 0 aliphatic carbocycles. The Morgan fingerprint density at radius 2 is 2.05 bits per heavy atom. The predicted octanol–water partition coefficient (Wildman–Crippen LogP) is 2.25. The van der Waals surface area contributed by atoms with E-state index in [1.54, 1.807) is 25.1 Å². The van der Waals surface area contributed by atoms with Crippen LogP contribution in [0.15, 0.2) is 28.9 Å². The van der Waals surface area contributed by atoms with Crippen molar-refractivity contribution in [3.05, 3.63) is 40.1 Å². The van der Waals surface area contributed by atoms with Crippen molar-refractivity contribution in [2.24, 2.45) is 12.8 Å². The van der Waals surface area contributed by atoms with E-state index >= 15 is 0 Å². The zero-order valence-corrected chi connectivity index (χ0v) is 12.6. The van der Waals surface area contributed by atoms with Gasteiger partial charge in [-0.3, -0.25) is 4.68 Å². The highest BCUT2D eigenvalue weighted by Crippen LogP contribution is 2.33. The Bertz CT molecular complexity index is 583. The fourth-order valence-corrected chi connectivity index (χ4v) is 2.47. The van der Waals surface area contributed by atoms with Crippen LogP contribution in [-0.4, -0.2) is 24.0 Å². The lowest BCUT2D eigenvalue weighted by Gasteiger charge is -2.16. The van der Waals surface area contributed by atoms with E-state index in [-0.39, 0.29) is 6.04 Å². The first-order chi connectivity index (χ1) is 9.08. The Morgan fingerprint density at radius 1 is 1.32 bits per heavy atom. The second-order valence-electron chi connectivity index (χ2n) is 4.09. The molecule has 0 bridgehead atoms. The van der Waals surface area contributed by atoms with Crippen molar-refractivity contribution in [1.29, 1.82) is 0 Å². The van der Waals surface area contributed by atoms with Crippen LogP contribution in [0.5, 0.6) is 11.5 Å². The maximum Gasteiger partial charge on any atom is 0.161 e. The number of rotatable bonds is 4. The molecule has 0 radical (unpaired) electrons. The quantitative estimate of drug-likeness (QED) is 0.936. The minimum Gasteiger partial charge on any atom is -0.497 e. The third-order valence-electron chi connectivity index (χ3n) is 3.00. The van der Waals surface area contributed by atoms with Crippen LogP contribution in [0.2, 0.25) is 0 Å². The number of hydrogen-bond acceptors (Lipinski definition) is 4. The Balaban J connectivity index is 2.49. The van der Waals surface area contributed by atoms with Crippen LogP contribution >= 0.6 is 15.9 Å². The summed E-state index contributed by atoms with van der Waals surface area (Å²) < 4.78 is 13.2. The number of ether oxygens (including phenoxy) is 2. The number of nitrogens with two attached hydrogens (primary N) is 1. The van der Waals surface area contributed by atoms with E-state index in [1.807, 2.05) is 25.2 Å². The zero-order chi connectivity index (χ0) is 14.0. The van der Waals surface area contributed by atoms with Gasteiger partial charge in [-0.2, -0.15) is 5.10 Å². The third kappa shape index (κ3) is 2.59. The van der Waals surface area contributed by atoms with Crippen LogP contribution in [-0.2, 0) is 7.05 Å². The first-order valence-electron chi connectivity index (χ1n) is 5.73. The van der Waals surface area contributed by atoms with Gasteiger partial charge in [0.25, 0.3) is 0 Å². The van der Waals surface area contributed by atoms with Gasteiger partial charge in [-0.25, -0.2) is 0 Å². The molecule has 2 rings (SSSR count). The summed E-state index contributed by atoms with van der Waals surface area (Å²) in [5.74, 6) is 1.43. The maximum atomic E-state index is 6.34. The summed E-state index contributed by atoms with van der Waals surface area (Å²) in [5, 5.41) is 4.17. The van der Waals surface area contributed by atoms with Crippen LogP contribution in [0, 0.1) is 0 Å². The summed E-state index contributed by atoms with van der Waals surface area (Å²) in [5.41, 5.74) is 8.07. The lowest BCUT2D eigenvalue weighted by Crippen LogP contribution is -2.17. The molecule has 1 aromatic heterocycles. The summed E-state index contributed by atoms with van der Waals surface area (Å²) in [6, 6.07) is 5.34. The lowest BCUT2D eigenvalue weighted by atomic mass is 10.0. The molecule has 0 fully saturated rings. The fraction of sp³-hybridized carbons (Fsp3) is 0.308. The Hall–Kier alpha value is -1.53. The topological polar surface area (TPSA) is 62.3 Å². The van der Waals surface area contributed by atoms with Gasteiger partial charge in [-0.15, -0.1) is 0 Å². The van der Waals surface area contributed by atoms with Gasteiger partial charge >= 0.3 is 0 Å². The summed E-state index contributed by atoms with van der Waals surface area (Å²) in [6.45, 7) is 0. The van der Waals surface area contributed by atoms with E-state index in [4.69, 9.17) is 15.2 Å². The number of hydrogen-bond donors (Lipinski definition) is 1. The van der Waals surface area contributed by atoms with Crippen molar-refractivity contribution >= 4 is 15.9 Å². The van der Waals surface area contributed by atoms with E-state index in [2.05, 4.69) is 21.0 Å². The monoisotopic (exact) mass is 325 g/mol. The predicted molar refractivity (Wildman–Crippen MR) is 76.5 cm³/mol. The number of aromatic nitrogens is 2. The zero-order valence-electron chi connectivity index (χ0n) is 11.1. The Labute approximate surface area is 120 Å². The highest BCUT2D eigenvalue weighted by molar-refractivity contribution is 9.10. The number of benzene rings is 1. The molecule has 1 heterocycles. The Morgan fingerprint density at radius 3 is 2.68 bits per heavy atom. The largest absolute Gasteiger partial charge is 0.497 e. The molecule has 1 atom stereocenters. The standard InChI is InChI=1S/C13H16BrN3O2/c1-17-13(11(19-3)7-16-17)12(15)9-6-8(18-2)4-5-10(9)14/h4-7,12H,15H2,1-3H3. The normalized spacial score (nSPS) is 12.3. The van der Waals surface area contributed by atoms with Gasteiger partial charge in [0.1, 0.15) is 11.4 Å². The number of aryl methyl sites for hydroxylation is 1. The highest BCUT2D eigenvalue weighted by atomic mass is 79.9. The molecular formula is C13H16BrN3O2. The summed E-state index contributed by atoms with van der Waals surface area (Å²) in [4.78, 5) is 0. The van der Waals surface area contributed by atoms with E-state index in [9.17, 15) is 0 Å². The number of nitrogens with zero attached hydrogens (tertiary/aromatic N) is 2. The van der Waals surface area contributed by atoms with Crippen LogP contribution in [0.1, 0.15) is 17.3 Å². The summed E-state index contributed by atoms with van der Waals surface area (Å²) in [7, 11) is 5.07. The minimum absolute atomic E-state index is 0.355. The molecule has 2 aromatic rings.